The SMILES string of the molecule is O=C(COc1ccc(N2C[C@H](C(=O)NCc3ccc(Cl)cc3)CC2=O)cc1)Nc1ccc(Cl)c(Cl)c1. The van der Waals surface area contributed by atoms with Crippen molar-refractivity contribution in [1.29, 1.82) is 0 Å². The first-order chi connectivity index (χ1) is 17.3. The van der Waals surface area contributed by atoms with Crippen LogP contribution < -0.4 is 20.3 Å². The van der Waals surface area contributed by atoms with Crippen LogP contribution >= 0.6 is 34.8 Å². The fourth-order valence-corrected chi connectivity index (χ4v) is 4.13. The summed E-state index contributed by atoms with van der Waals surface area (Å²) in [5, 5.41) is 6.92. The molecule has 1 fully saturated rings. The summed E-state index contributed by atoms with van der Waals surface area (Å²) in [6.07, 6.45) is 0.138. The third-order valence-electron chi connectivity index (χ3n) is 5.60. The van der Waals surface area contributed by atoms with Crippen molar-refractivity contribution in [2.45, 2.75) is 13.0 Å². The van der Waals surface area contributed by atoms with Gasteiger partial charge in [0.1, 0.15) is 5.75 Å². The Kier molecular flexibility index (Phi) is 8.36. The van der Waals surface area contributed by atoms with Crippen LogP contribution in [0.15, 0.2) is 66.7 Å². The third kappa shape index (κ3) is 6.69. The molecule has 1 aliphatic heterocycles. The molecule has 3 amide bonds. The maximum atomic E-state index is 12.6. The molecule has 0 saturated carbocycles. The first-order valence-corrected chi connectivity index (χ1v) is 12.2. The van der Waals surface area contributed by atoms with E-state index in [-0.39, 0.29) is 37.3 Å². The second kappa shape index (κ2) is 11.6. The van der Waals surface area contributed by atoms with Gasteiger partial charge in [0, 0.05) is 35.9 Å². The Hall–Kier alpha value is -3.26. The second-order valence-electron chi connectivity index (χ2n) is 8.21. The first kappa shape index (κ1) is 25.8. The van der Waals surface area contributed by atoms with Crippen molar-refractivity contribution < 1.29 is 19.1 Å². The van der Waals surface area contributed by atoms with E-state index in [0.29, 0.717) is 38.7 Å². The maximum absolute atomic E-state index is 12.6. The minimum Gasteiger partial charge on any atom is -0.484 e. The Morgan fingerprint density at radius 3 is 2.36 bits per heavy atom. The lowest BCUT2D eigenvalue weighted by molar-refractivity contribution is -0.126. The number of rotatable bonds is 8. The first-order valence-electron chi connectivity index (χ1n) is 11.1. The van der Waals surface area contributed by atoms with Crippen molar-refractivity contribution in [2.24, 2.45) is 5.92 Å². The molecule has 7 nitrogen and oxygen atoms in total. The zero-order chi connectivity index (χ0) is 25.7. The molecule has 10 heteroatoms. The van der Waals surface area contributed by atoms with E-state index in [1.54, 1.807) is 59.5 Å². The minimum atomic E-state index is -0.439. The van der Waals surface area contributed by atoms with Gasteiger partial charge in [-0.25, -0.2) is 0 Å². The van der Waals surface area contributed by atoms with Gasteiger partial charge >= 0.3 is 0 Å². The van der Waals surface area contributed by atoms with Gasteiger partial charge in [0.2, 0.25) is 11.8 Å². The predicted molar refractivity (Wildman–Crippen MR) is 141 cm³/mol. The minimum absolute atomic E-state index is 0.128. The lowest BCUT2D eigenvalue weighted by Crippen LogP contribution is -2.32. The summed E-state index contributed by atoms with van der Waals surface area (Å²) in [5.74, 6) is -0.637. The molecule has 0 aliphatic carbocycles. The molecule has 1 heterocycles. The number of anilines is 2. The number of benzene rings is 3. The number of ether oxygens (including phenoxy) is 1. The van der Waals surface area contributed by atoms with Crippen molar-refractivity contribution in [3.05, 3.63) is 87.4 Å². The number of carbonyl (C=O) groups excluding carboxylic acids is 3. The molecular formula is C26H22Cl3N3O4. The quantitative estimate of drug-likeness (QED) is 0.400. The van der Waals surface area contributed by atoms with Gasteiger partial charge in [-0.05, 0) is 60.2 Å². The van der Waals surface area contributed by atoms with Gasteiger partial charge in [-0.3, -0.25) is 14.4 Å². The van der Waals surface area contributed by atoms with Gasteiger partial charge < -0.3 is 20.3 Å². The molecule has 0 aromatic heterocycles. The van der Waals surface area contributed by atoms with Crippen LogP contribution in [0.3, 0.4) is 0 Å². The van der Waals surface area contributed by atoms with Gasteiger partial charge in [0.15, 0.2) is 6.61 Å². The number of nitrogens with one attached hydrogen (secondary N) is 2. The summed E-state index contributed by atoms with van der Waals surface area (Å²) < 4.78 is 5.53. The Bertz CT molecular complexity index is 1270. The van der Waals surface area contributed by atoms with Crippen molar-refractivity contribution in [1.82, 2.24) is 5.32 Å². The Labute approximate surface area is 223 Å². The zero-order valence-corrected chi connectivity index (χ0v) is 21.2. The van der Waals surface area contributed by atoms with Crippen molar-refractivity contribution >= 4 is 63.9 Å². The maximum Gasteiger partial charge on any atom is 0.262 e. The van der Waals surface area contributed by atoms with Gasteiger partial charge in [-0.2, -0.15) is 0 Å². The van der Waals surface area contributed by atoms with Gasteiger partial charge in [-0.1, -0.05) is 46.9 Å². The summed E-state index contributed by atoms with van der Waals surface area (Å²) >= 11 is 17.7. The van der Waals surface area contributed by atoms with E-state index in [9.17, 15) is 14.4 Å². The highest BCUT2D eigenvalue weighted by Crippen LogP contribution is 2.28. The molecule has 3 aromatic rings. The fraction of sp³-hybridized carbons (Fsp3) is 0.192. The predicted octanol–water partition coefficient (Wildman–Crippen LogP) is 5.33. The van der Waals surface area contributed by atoms with Crippen molar-refractivity contribution in [3.63, 3.8) is 0 Å². The number of hydrogen-bond acceptors (Lipinski definition) is 4. The molecule has 1 atom stereocenters. The molecular weight excluding hydrogens is 525 g/mol. The van der Waals surface area contributed by atoms with Crippen LogP contribution in [0, 0.1) is 5.92 Å². The van der Waals surface area contributed by atoms with Gasteiger partial charge in [-0.15, -0.1) is 0 Å². The monoisotopic (exact) mass is 545 g/mol. The van der Waals surface area contributed by atoms with Crippen LogP contribution in [0.5, 0.6) is 5.75 Å². The molecule has 186 valence electrons. The standard InChI is InChI=1S/C26H22Cl3N3O4/c27-18-3-1-16(2-4-18)13-30-26(35)17-11-25(34)32(14-17)20-6-8-21(9-7-20)36-15-24(33)31-19-5-10-22(28)23(29)12-19/h1-10,12,17H,11,13-15H2,(H,30,35)(H,31,33)/t17-/m1/s1. The second-order valence-corrected chi connectivity index (χ2v) is 9.46. The smallest absolute Gasteiger partial charge is 0.262 e. The van der Waals surface area contributed by atoms with Crippen molar-refractivity contribution in [2.75, 3.05) is 23.4 Å². The number of nitrogens with zero attached hydrogens (tertiary/aromatic N) is 1. The number of hydrogen-bond donors (Lipinski definition) is 2. The molecule has 3 aromatic carbocycles. The summed E-state index contributed by atoms with van der Waals surface area (Å²) in [6.45, 7) is 0.445. The number of carbonyl (C=O) groups is 3. The zero-order valence-electron chi connectivity index (χ0n) is 19.0. The molecule has 0 bridgehead atoms. The lowest BCUT2D eigenvalue weighted by Gasteiger charge is -2.17. The summed E-state index contributed by atoms with van der Waals surface area (Å²) in [4.78, 5) is 38.9. The molecule has 0 unspecified atom stereocenters. The third-order valence-corrected chi connectivity index (χ3v) is 6.59. The van der Waals surface area contributed by atoms with Crippen molar-refractivity contribution in [3.8, 4) is 5.75 Å². The van der Waals surface area contributed by atoms with E-state index in [0.717, 1.165) is 5.56 Å². The van der Waals surface area contributed by atoms with Crippen LogP contribution in [0.4, 0.5) is 11.4 Å². The highest BCUT2D eigenvalue weighted by atomic mass is 35.5. The highest BCUT2D eigenvalue weighted by Gasteiger charge is 2.35. The van der Waals surface area contributed by atoms with Crippen LogP contribution in [-0.2, 0) is 20.9 Å². The van der Waals surface area contributed by atoms with E-state index in [1.807, 2.05) is 12.1 Å². The van der Waals surface area contributed by atoms with Crippen LogP contribution in [-0.4, -0.2) is 30.9 Å². The van der Waals surface area contributed by atoms with E-state index in [1.165, 1.54) is 0 Å². The van der Waals surface area contributed by atoms with Gasteiger partial charge in [0.25, 0.3) is 5.91 Å². The van der Waals surface area contributed by atoms with E-state index >= 15 is 0 Å². The topological polar surface area (TPSA) is 87.7 Å². The summed E-state index contributed by atoms with van der Waals surface area (Å²) in [5.41, 5.74) is 2.09. The average molecular weight is 547 g/mol. The Morgan fingerprint density at radius 2 is 1.67 bits per heavy atom. The normalized spacial score (nSPS) is 15.0. The molecule has 1 saturated heterocycles. The van der Waals surface area contributed by atoms with Crippen LogP contribution in [0.1, 0.15) is 12.0 Å². The molecule has 0 radical (unpaired) electrons. The largest absolute Gasteiger partial charge is 0.484 e. The average Bonchev–Trinajstić information content (AvgIpc) is 3.26. The lowest BCUT2D eigenvalue weighted by atomic mass is 10.1. The van der Waals surface area contributed by atoms with E-state index in [2.05, 4.69) is 10.6 Å². The Morgan fingerprint density at radius 1 is 0.944 bits per heavy atom. The van der Waals surface area contributed by atoms with Gasteiger partial charge in [0.05, 0.1) is 16.0 Å². The molecule has 1 aliphatic rings. The highest BCUT2D eigenvalue weighted by molar-refractivity contribution is 6.42. The van der Waals surface area contributed by atoms with E-state index in [4.69, 9.17) is 39.5 Å². The van der Waals surface area contributed by atoms with E-state index < -0.39 is 5.92 Å². The van der Waals surface area contributed by atoms with Crippen LogP contribution in [0.25, 0.3) is 0 Å². The summed E-state index contributed by atoms with van der Waals surface area (Å²) in [6, 6.07) is 18.8. The summed E-state index contributed by atoms with van der Waals surface area (Å²) in [7, 11) is 0. The fourth-order valence-electron chi connectivity index (χ4n) is 3.71. The Balaban J connectivity index is 1.26. The molecule has 4 rings (SSSR count). The number of halogens is 3. The molecule has 0 spiro atoms. The number of amides is 3. The molecule has 2 N–H and O–H groups in total. The molecule has 36 heavy (non-hydrogen) atoms. The van der Waals surface area contributed by atoms with Crippen LogP contribution in [0.2, 0.25) is 15.1 Å².